The molecule has 0 bridgehead atoms. The fraction of sp³-hybridized carbons (Fsp3) is 0.294. The third-order valence-electron chi connectivity index (χ3n) is 3.45. The van der Waals surface area contributed by atoms with Crippen molar-refractivity contribution in [2.45, 2.75) is 25.8 Å². The number of rotatable bonds is 4. The molecule has 0 spiro atoms. The van der Waals surface area contributed by atoms with Crippen molar-refractivity contribution in [1.29, 1.82) is 0 Å². The summed E-state index contributed by atoms with van der Waals surface area (Å²) in [6.07, 6.45) is 0.699. The Morgan fingerprint density at radius 2 is 1.20 bits per heavy atom. The van der Waals surface area contributed by atoms with Crippen molar-refractivity contribution in [1.82, 2.24) is 0 Å². The third kappa shape index (κ3) is 3.05. The quantitative estimate of drug-likeness (QED) is 0.888. The van der Waals surface area contributed by atoms with Crippen LogP contribution in [0.2, 0.25) is 0 Å². The molecule has 0 fully saturated rings. The highest BCUT2D eigenvalue weighted by molar-refractivity contribution is 5.38. The molecule has 0 unspecified atom stereocenters. The van der Waals surface area contributed by atoms with Crippen LogP contribution in [0.25, 0.3) is 0 Å². The standard InChI is InChI=1S/C17H19F2N/c1-12(2)11-17(20,13-3-7-15(18)8-4-13)14-5-9-16(19)10-6-14/h3-10,12H,11,20H2,1-2H3. The minimum Gasteiger partial charge on any atom is -0.318 e. The van der Waals surface area contributed by atoms with Gasteiger partial charge in [0.25, 0.3) is 0 Å². The van der Waals surface area contributed by atoms with Gasteiger partial charge in [0.2, 0.25) is 0 Å². The Labute approximate surface area is 118 Å². The van der Waals surface area contributed by atoms with Crippen molar-refractivity contribution in [2.75, 3.05) is 0 Å². The van der Waals surface area contributed by atoms with E-state index in [1.807, 2.05) is 0 Å². The number of nitrogens with two attached hydrogens (primary N) is 1. The average molecular weight is 275 g/mol. The topological polar surface area (TPSA) is 26.0 Å². The second-order valence-corrected chi connectivity index (χ2v) is 5.58. The highest BCUT2D eigenvalue weighted by Gasteiger charge is 2.30. The Kier molecular flexibility index (Phi) is 4.19. The van der Waals surface area contributed by atoms with Gasteiger partial charge < -0.3 is 5.73 Å². The second kappa shape index (κ2) is 5.71. The zero-order valence-corrected chi connectivity index (χ0v) is 11.7. The largest absolute Gasteiger partial charge is 0.318 e. The summed E-state index contributed by atoms with van der Waals surface area (Å²) < 4.78 is 26.2. The van der Waals surface area contributed by atoms with Crippen LogP contribution >= 0.6 is 0 Å². The molecular weight excluding hydrogens is 256 g/mol. The predicted molar refractivity (Wildman–Crippen MR) is 77.2 cm³/mol. The first-order valence-electron chi connectivity index (χ1n) is 6.73. The first-order chi connectivity index (χ1) is 9.41. The number of benzene rings is 2. The van der Waals surface area contributed by atoms with Crippen LogP contribution in [-0.4, -0.2) is 0 Å². The molecule has 2 N–H and O–H groups in total. The second-order valence-electron chi connectivity index (χ2n) is 5.58. The number of halogens is 2. The summed E-state index contributed by atoms with van der Waals surface area (Å²) in [4.78, 5) is 0. The summed E-state index contributed by atoms with van der Waals surface area (Å²) in [7, 11) is 0. The van der Waals surface area contributed by atoms with Crippen molar-refractivity contribution < 1.29 is 8.78 Å². The van der Waals surface area contributed by atoms with Crippen LogP contribution in [0.1, 0.15) is 31.4 Å². The van der Waals surface area contributed by atoms with Crippen LogP contribution in [0.5, 0.6) is 0 Å². The molecule has 0 saturated carbocycles. The van der Waals surface area contributed by atoms with E-state index in [1.165, 1.54) is 24.3 Å². The van der Waals surface area contributed by atoms with Crippen molar-refractivity contribution in [2.24, 2.45) is 11.7 Å². The van der Waals surface area contributed by atoms with Crippen LogP contribution in [0.15, 0.2) is 48.5 Å². The molecule has 0 atom stereocenters. The van der Waals surface area contributed by atoms with Gasteiger partial charge in [-0.3, -0.25) is 0 Å². The maximum atomic E-state index is 13.1. The molecule has 2 aromatic rings. The molecule has 0 aliphatic rings. The van der Waals surface area contributed by atoms with Crippen molar-refractivity contribution >= 4 is 0 Å². The monoisotopic (exact) mass is 275 g/mol. The molecule has 0 amide bonds. The summed E-state index contributed by atoms with van der Waals surface area (Å²) in [5.41, 5.74) is 7.52. The lowest BCUT2D eigenvalue weighted by molar-refractivity contribution is 0.408. The highest BCUT2D eigenvalue weighted by Crippen LogP contribution is 2.33. The zero-order chi connectivity index (χ0) is 14.8. The molecule has 106 valence electrons. The molecule has 3 heteroatoms. The van der Waals surface area contributed by atoms with E-state index in [1.54, 1.807) is 24.3 Å². The summed E-state index contributed by atoms with van der Waals surface area (Å²) >= 11 is 0. The highest BCUT2D eigenvalue weighted by atomic mass is 19.1. The molecule has 20 heavy (non-hydrogen) atoms. The van der Waals surface area contributed by atoms with Gasteiger partial charge in [0, 0.05) is 0 Å². The molecular formula is C17H19F2N. The maximum absolute atomic E-state index is 13.1. The Bertz CT molecular complexity index is 513. The summed E-state index contributed by atoms with van der Waals surface area (Å²) in [6.45, 7) is 4.16. The number of hydrogen-bond acceptors (Lipinski definition) is 1. The Hall–Kier alpha value is -1.74. The van der Waals surface area contributed by atoms with E-state index in [4.69, 9.17) is 5.73 Å². The molecule has 1 nitrogen and oxygen atoms in total. The van der Waals surface area contributed by atoms with Crippen LogP contribution < -0.4 is 5.73 Å². The first kappa shape index (κ1) is 14.7. The first-order valence-corrected chi connectivity index (χ1v) is 6.73. The zero-order valence-electron chi connectivity index (χ0n) is 11.7. The van der Waals surface area contributed by atoms with Gasteiger partial charge in [-0.2, -0.15) is 0 Å². The Balaban J connectivity index is 2.49. The van der Waals surface area contributed by atoms with Gasteiger partial charge in [-0.15, -0.1) is 0 Å². The molecule has 0 saturated heterocycles. The molecule has 2 aromatic carbocycles. The molecule has 2 rings (SSSR count). The van der Waals surface area contributed by atoms with E-state index in [9.17, 15) is 8.78 Å². The lowest BCUT2D eigenvalue weighted by Crippen LogP contribution is -2.39. The van der Waals surface area contributed by atoms with Gasteiger partial charge in [-0.25, -0.2) is 8.78 Å². The fourth-order valence-electron chi connectivity index (χ4n) is 2.54. The predicted octanol–water partition coefficient (Wildman–Crippen LogP) is 4.21. The van der Waals surface area contributed by atoms with E-state index >= 15 is 0 Å². The third-order valence-corrected chi connectivity index (χ3v) is 3.45. The molecule has 0 radical (unpaired) electrons. The van der Waals surface area contributed by atoms with Gasteiger partial charge in [0.15, 0.2) is 0 Å². The minimum absolute atomic E-state index is 0.292. The normalized spacial score (nSPS) is 11.9. The maximum Gasteiger partial charge on any atom is 0.123 e. The van der Waals surface area contributed by atoms with E-state index in [0.29, 0.717) is 12.3 Å². The Morgan fingerprint density at radius 1 is 0.850 bits per heavy atom. The lowest BCUT2D eigenvalue weighted by atomic mass is 9.78. The van der Waals surface area contributed by atoms with Gasteiger partial charge in [-0.05, 0) is 47.7 Å². The summed E-state index contributed by atoms with van der Waals surface area (Å²) in [5.74, 6) is -0.227. The van der Waals surface area contributed by atoms with Gasteiger partial charge >= 0.3 is 0 Å². The van der Waals surface area contributed by atoms with Gasteiger partial charge in [0.1, 0.15) is 11.6 Å². The average Bonchev–Trinajstić information content (AvgIpc) is 2.39. The van der Waals surface area contributed by atoms with Crippen molar-refractivity contribution in [3.8, 4) is 0 Å². The molecule has 0 aliphatic heterocycles. The van der Waals surface area contributed by atoms with Crippen LogP contribution in [0, 0.1) is 17.6 Å². The van der Waals surface area contributed by atoms with Crippen LogP contribution in [0.3, 0.4) is 0 Å². The van der Waals surface area contributed by atoms with Crippen molar-refractivity contribution in [3.63, 3.8) is 0 Å². The van der Waals surface area contributed by atoms with E-state index in [0.717, 1.165) is 11.1 Å². The van der Waals surface area contributed by atoms with Gasteiger partial charge in [0.05, 0.1) is 5.54 Å². The van der Waals surface area contributed by atoms with Crippen LogP contribution in [-0.2, 0) is 5.54 Å². The van der Waals surface area contributed by atoms with E-state index in [2.05, 4.69) is 13.8 Å². The molecule has 0 aliphatic carbocycles. The van der Waals surface area contributed by atoms with Crippen molar-refractivity contribution in [3.05, 3.63) is 71.3 Å². The fourth-order valence-corrected chi connectivity index (χ4v) is 2.54. The van der Waals surface area contributed by atoms with E-state index < -0.39 is 5.54 Å². The smallest absolute Gasteiger partial charge is 0.123 e. The molecule has 0 heterocycles. The minimum atomic E-state index is -0.741. The summed E-state index contributed by atoms with van der Waals surface area (Å²) in [5, 5.41) is 0. The number of hydrogen-bond donors (Lipinski definition) is 1. The van der Waals surface area contributed by atoms with Crippen LogP contribution in [0.4, 0.5) is 8.78 Å². The SMILES string of the molecule is CC(C)CC(N)(c1ccc(F)cc1)c1ccc(F)cc1. The Morgan fingerprint density at radius 3 is 1.50 bits per heavy atom. The summed E-state index contributed by atoms with van der Waals surface area (Å²) in [6, 6.07) is 12.4. The van der Waals surface area contributed by atoms with Gasteiger partial charge in [-0.1, -0.05) is 38.1 Å². The lowest BCUT2D eigenvalue weighted by Gasteiger charge is -2.32. The van der Waals surface area contributed by atoms with E-state index in [-0.39, 0.29) is 11.6 Å². The molecule has 0 aromatic heterocycles.